The van der Waals surface area contributed by atoms with Gasteiger partial charge in [-0.15, -0.1) is 0 Å². The molecule has 4 aliphatic heterocycles. The Morgan fingerprint density at radius 3 is 2.04 bits per heavy atom. The molecule has 0 saturated carbocycles. The normalized spacial score (nSPS) is 16.1. The summed E-state index contributed by atoms with van der Waals surface area (Å²) in [5.74, 6) is 0. The van der Waals surface area contributed by atoms with Gasteiger partial charge in [-0.2, -0.15) is 0 Å². The Morgan fingerprint density at radius 1 is 0.558 bits per heavy atom. The maximum absolute atomic E-state index is 7.16. The fourth-order valence-corrected chi connectivity index (χ4v) is 16.2. The molecule has 0 N–H and O–H groups in total. The predicted molar refractivity (Wildman–Crippen MR) is 219 cm³/mol. The summed E-state index contributed by atoms with van der Waals surface area (Å²) in [5, 5.41) is 9.60. The lowest BCUT2D eigenvalue weighted by atomic mass is 9.35. The van der Waals surface area contributed by atoms with Crippen LogP contribution in [0.15, 0.2) is 156 Å². The Labute approximate surface area is 302 Å². The van der Waals surface area contributed by atoms with Crippen molar-refractivity contribution in [1.29, 1.82) is 0 Å². The first-order valence-corrected chi connectivity index (χ1v) is 20.4. The number of fused-ring (bicyclic) bond motifs is 9. The quantitative estimate of drug-likeness (QED) is 0.196. The summed E-state index contributed by atoms with van der Waals surface area (Å²) in [4.78, 5) is 2.57. The first kappa shape index (κ1) is 27.7. The van der Waals surface area contributed by atoms with Crippen LogP contribution < -0.4 is 42.2 Å². The molecule has 0 spiro atoms. The third-order valence-corrected chi connectivity index (χ3v) is 17.8. The molecule has 0 bridgehead atoms. The van der Waals surface area contributed by atoms with E-state index >= 15 is 0 Å². The number of hydrogen-bond acceptors (Lipinski definition) is 2. The molecule has 0 amide bonds. The molecule has 0 aliphatic carbocycles. The van der Waals surface area contributed by atoms with E-state index in [-0.39, 0.29) is 12.1 Å². The first-order chi connectivity index (χ1) is 25.6. The number of hydrogen-bond donors (Lipinski definition) is 0. The Bertz CT molecular complexity index is 3030. The average molecular weight is 679 g/mol. The molecule has 3 nitrogen and oxygen atoms in total. The van der Waals surface area contributed by atoms with Gasteiger partial charge in [0, 0.05) is 32.9 Å². The molecule has 242 valence electrons. The van der Waals surface area contributed by atoms with Crippen molar-refractivity contribution in [2.45, 2.75) is 19.3 Å². The van der Waals surface area contributed by atoms with Crippen LogP contribution in [0.3, 0.4) is 0 Å². The molecule has 0 saturated heterocycles. The van der Waals surface area contributed by atoms with E-state index in [1.807, 2.05) is 0 Å². The van der Waals surface area contributed by atoms with Crippen LogP contribution in [0, 0.1) is 0 Å². The summed E-state index contributed by atoms with van der Waals surface area (Å²) in [6, 6.07) is 57.4. The number of rotatable bonds is 2. The minimum Gasteiger partial charge on any atom is -0.468 e. The van der Waals surface area contributed by atoms with Gasteiger partial charge in [0.1, 0.15) is 5.58 Å². The molecule has 0 fully saturated rings. The second-order valence-corrected chi connectivity index (χ2v) is 19.3. The van der Waals surface area contributed by atoms with Crippen molar-refractivity contribution >= 4 is 102 Å². The molecule has 9 aromatic rings. The van der Waals surface area contributed by atoms with E-state index in [0.717, 1.165) is 11.2 Å². The van der Waals surface area contributed by atoms with Crippen LogP contribution in [-0.4, -0.2) is 19.4 Å². The van der Waals surface area contributed by atoms with Gasteiger partial charge in [-0.05, 0) is 67.1 Å². The highest BCUT2D eigenvalue weighted by Crippen LogP contribution is 2.56. The molecule has 0 unspecified atom stereocenters. The van der Waals surface area contributed by atoms with Gasteiger partial charge in [-0.1, -0.05) is 141 Å². The standard InChI is InChI=1S/C47H31BN2OSi/c1-47(2)33-21-10-11-23-36(33)49-43-31-19-9-12-24-37(31)51-46(43)48-35-22-14-26-39-45(35)50-41-30(32-27-34(47)44(49)40(48)42(32)50)20-13-25-38(41)52(39,28-15-5-3-6-16-28)29-17-7-4-8-18-29/h3-27H,1-2H3. The molecule has 7 aromatic carbocycles. The predicted octanol–water partition coefficient (Wildman–Crippen LogP) is 6.47. The minimum absolute atomic E-state index is 0.0521. The smallest absolute Gasteiger partial charge is 0.297 e. The summed E-state index contributed by atoms with van der Waals surface area (Å²) in [6.45, 7) is 4.79. The highest BCUT2D eigenvalue weighted by atomic mass is 28.3. The van der Waals surface area contributed by atoms with E-state index in [9.17, 15) is 0 Å². The molecule has 52 heavy (non-hydrogen) atoms. The van der Waals surface area contributed by atoms with Crippen LogP contribution >= 0.6 is 0 Å². The van der Waals surface area contributed by atoms with Crippen molar-refractivity contribution in [2.24, 2.45) is 0 Å². The van der Waals surface area contributed by atoms with Crippen molar-refractivity contribution < 1.29 is 4.42 Å². The lowest BCUT2D eigenvalue weighted by molar-refractivity contribution is 0.630. The molecule has 0 atom stereocenters. The maximum atomic E-state index is 7.16. The number of para-hydroxylation sites is 4. The minimum atomic E-state index is -2.80. The van der Waals surface area contributed by atoms with Gasteiger partial charge < -0.3 is 13.9 Å². The van der Waals surface area contributed by atoms with E-state index < -0.39 is 8.07 Å². The van der Waals surface area contributed by atoms with Crippen molar-refractivity contribution in [1.82, 2.24) is 4.57 Å². The number of anilines is 3. The summed E-state index contributed by atoms with van der Waals surface area (Å²) in [5.41, 5.74) is 15.0. The third kappa shape index (κ3) is 2.88. The largest absolute Gasteiger partial charge is 0.468 e. The van der Waals surface area contributed by atoms with Gasteiger partial charge >= 0.3 is 0 Å². The van der Waals surface area contributed by atoms with Crippen LogP contribution in [0.1, 0.15) is 25.0 Å². The lowest BCUT2D eigenvalue weighted by Gasteiger charge is -2.48. The molecular formula is C47H31BN2OSi. The van der Waals surface area contributed by atoms with Gasteiger partial charge in [-0.25, -0.2) is 0 Å². The van der Waals surface area contributed by atoms with Crippen LogP contribution in [0.25, 0.3) is 38.5 Å². The number of benzene rings is 7. The van der Waals surface area contributed by atoms with Gasteiger partial charge in [-0.3, -0.25) is 0 Å². The zero-order valence-electron chi connectivity index (χ0n) is 28.8. The van der Waals surface area contributed by atoms with E-state index in [1.165, 1.54) is 92.7 Å². The monoisotopic (exact) mass is 678 g/mol. The third-order valence-electron chi connectivity index (χ3n) is 13.0. The highest BCUT2D eigenvalue weighted by molar-refractivity contribution is 7.22. The van der Waals surface area contributed by atoms with E-state index in [0.29, 0.717) is 0 Å². The maximum Gasteiger partial charge on any atom is 0.297 e. The van der Waals surface area contributed by atoms with Crippen molar-refractivity contribution in [3.05, 3.63) is 163 Å². The molecule has 4 aliphatic rings. The van der Waals surface area contributed by atoms with Crippen LogP contribution in [0.4, 0.5) is 17.1 Å². The fourth-order valence-electron chi connectivity index (χ4n) is 11.0. The second kappa shape index (κ2) is 9.05. The Hall–Kier alpha value is -6.04. The molecule has 0 radical (unpaired) electrons. The summed E-state index contributed by atoms with van der Waals surface area (Å²) in [7, 11) is -2.80. The number of aromatic nitrogens is 1. The van der Waals surface area contributed by atoms with Crippen LogP contribution in [-0.2, 0) is 5.41 Å². The van der Waals surface area contributed by atoms with Crippen LogP contribution in [0.5, 0.6) is 0 Å². The van der Waals surface area contributed by atoms with E-state index in [2.05, 4.69) is 175 Å². The van der Waals surface area contributed by atoms with Gasteiger partial charge in [0.15, 0.2) is 8.07 Å². The number of furan rings is 1. The number of nitrogens with zero attached hydrogens (tertiary/aromatic N) is 2. The van der Waals surface area contributed by atoms with E-state index in [1.54, 1.807) is 0 Å². The van der Waals surface area contributed by atoms with Crippen LogP contribution in [0.2, 0.25) is 0 Å². The molecule has 5 heteroatoms. The Morgan fingerprint density at radius 2 is 1.23 bits per heavy atom. The van der Waals surface area contributed by atoms with E-state index in [4.69, 9.17) is 4.42 Å². The Balaban J connectivity index is 1.31. The van der Waals surface area contributed by atoms with Crippen molar-refractivity contribution in [3.8, 4) is 5.69 Å². The average Bonchev–Trinajstić information content (AvgIpc) is 3.75. The SMILES string of the molecule is CC1(C)c2ccccc2N2c3c1cc1c4cccc5c4n4c1c3B(c1cccc(c1-4)[Si]5(c1ccccc1)c1ccccc1)c1oc3ccccc3c12. The fraction of sp³-hybridized carbons (Fsp3) is 0.0638. The van der Waals surface area contributed by atoms with Crippen molar-refractivity contribution in [2.75, 3.05) is 4.90 Å². The Kier molecular flexibility index (Phi) is 4.82. The zero-order chi connectivity index (χ0) is 34.1. The van der Waals surface area contributed by atoms with Gasteiger partial charge in [0.25, 0.3) is 6.71 Å². The summed E-state index contributed by atoms with van der Waals surface area (Å²) >= 11 is 0. The summed E-state index contributed by atoms with van der Waals surface area (Å²) < 4.78 is 9.85. The van der Waals surface area contributed by atoms with Gasteiger partial charge in [0.05, 0.1) is 28.1 Å². The lowest BCUT2D eigenvalue weighted by Crippen LogP contribution is -2.78. The van der Waals surface area contributed by atoms with Crippen molar-refractivity contribution in [3.63, 3.8) is 0 Å². The molecular weight excluding hydrogens is 647 g/mol. The topological polar surface area (TPSA) is 21.3 Å². The summed E-state index contributed by atoms with van der Waals surface area (Å²) in [6.07, 6.45) is 0. The molecule has 6 heterocycles. The first-order valence-electron chi connectivity index (χ1n) is 18.4. The molecule has 2 aromatic heterocycles. The zero-order valence-corrected chi connectivity index (χ0v) is 29.8. The van der Waals surface area contributed by atoms with Gasteiger partial charge in [0.2, 0.25) is 0 Å². The molecule has 13 rings (SSSR count). The highest BCUT2D eigenvalue weighted by Gasteiger charge is 2.55. The second-order valence-electron chi connectivity index (χ2n) is 15.6.